The van der Waals surface area contributed by atoms with E-state index < -0.39 is 19.7 Å². The molecule has 0 radical (unpaired) electrons. The summed E-state index contributed by atoms with van der Waals surface area (Å²) >= 11 is 3.48. The number of benzene rings is 16. The standard InChI is InChI=1S/C51H36N2O2S.C30H18BrNO2S.C27H30BNO2/c1-51(2)43-13-5-9-17-47(43)53(48-18-10-6-14-44(48)51)38-27-21-34(22-28-38)36-24-30-50-42(32-36)41-31-35(23-29-49(41)56(50,54)55)33-19-25-37(26-20-33)52-45-15-7-3-11-39(45)40-12-4-8-16-46(40)52;31-21-12-16-30-26(18-21)25-17-20(11-15-29(25)35(30,33)34)19-9-13-22(14-10-19)32-27-7-3-1-5-23(27)24-6-2-4-8-28(24)32;1-25(2)21-11-7-9-13-23(21)29(24-14-10-8-12-22(24)25)20-17-15-19(16-18-20)28-30-26(3,4)27(5,6)31-28/h3-32H,1-2H3;1-18H;7-18H,1-6H3. The average Bonchev–Trinajstić information content (AvgIpc) is 0.782. The summed E-state index contributed by atoms with van der Waals surface area (Å²) in [6.07, 6.45) is 0. The van der Waals surface area contributed by atoms with Crippen LogP contribution in [0.2, 0.25) is 0 Å². The summed E-state index contributed by atoms with van der Waals surface area (Å²) in [6.45, 7) is 17.6. The SMILES string of the molecule is CC1(C)c2ccccc2N(c2ccc(-c3ccc4c(c3)-c3cc(-c5ccc(-n6c7ccccc7c7ccccc76)cc5)ccc3S4(=O)=O)cc2)c2ccccc21.CC1(C)c2ccccc2N(c2ccc(B3OC(C)(C)C(C)(C)O3)cc2)c2ccccc21.O=S1(=O)c2ccc(Br)cc2-c2cc(-c3ccc(-n4c5ccccc5c5ccccc54)cc3)ccc21. The van der Waals surface area contributed by atoms with Crippen LogP contribution in [-0.2, 0) is 39.8 Å². The lowest BCUT2D eigenvalue weighted by atomic mass is 9.73. The predicted octanol–water partition coefficient (Wildman–Crippen LogP) is 27.2. The second kappa shape index (κ2) is 28.6. The summed E-state index contributed by atoms with van der Waals surface area (Å²) < 4.78 is 71.6. The molecule has 16 aromatic carbocycles. The third-order valence-corrected chi connectivity index (χ3v) is 30.3. The molecule has 0 amide bonds. The first-order valence-electron chi connectivity index (χ1n) is 41.4. The lowest BCUT2D eigenvalue weighted by Gasteiger charge is -2.42. The van der Waals surface area contributed by atoms with Crippen molar-refractivity contribution < 1.29 is 26.1 Å². The molecule has 5 aliphatic rings. The van der Waals surface area contributed by atoms with Gasteiger partial charge >= 0.3 is 7.12 Å². The van der Waals surface area contributed by atoms with Crippen molar-refractivity contribution >= 4 is 126 Å². The first-order chi connectivity index (χ1) is 58.9. The van der Waals surface area contributed by atoms with Gasteiger partial charge in [-0.3, -0.25) is 0 Å². The maximum absolute atomic E-state index is 13.8. The molecule has 0 aliphatic carbocycles. The van der Waals surface area contributed by atoms with Crippen molar-refractivity contribution in [3.8, 4) is 67.0 Å². The number of aromatic nitrogens is 2. The van der Waals surface area contributed by atoms with Crippen LogP contribution in [0, 0.1) is 0 Å². The van der Waals surface area contributed by atoms with Gasteiger partial charge in [0.05, 0.1) is 75.6 Å². The average molecular weight is 1690 g/mol. The Morgan fingerprint density at radius 2 is 0.525 bits per heavy atom. The minimum absolute atomic E-state index is 0.0493. The molecular formula is C108H84BBrN4O6S2. The van der Waals surface area contributed by atoms with E-state index in [-0.39, 0.29) is 29.2 Å². The molecule has 23 rings (SSSR count). The molecule has 0 unspecified atom stereocenters. The maximum atomic E-state index is 13.8. The Hall–Kier alpha value is -12.9. The molecule has 0 bridgehead atoms. The molecule has 2 aromatic heterocycles. The molecule has 10 nitrogen and oxygen atoms in total. The van der Waals surface area contributed by atoms with Gasteiger partial charge in [0.2, 0.25) is 19.7 Å². The second-order valence-electron chi connectivity index (χ2n) is 34.3. The molecule has 1 fully saturated rings. The van der Waals surface area contributed by atoms with Crippen molar-refractivity contribution in [3.63, 3.8) is 0 Å². The summed E-state index contributed by atoms with van der Waals surface area (Å²) in [5.41, 5.74) is 28.3. The fraction of sp³-hybridized carbons (Fsp3) is 0.111. The van der Waals surface area contributed by atoms with Crippen molar-refractivity contribution in [2.45, 2.75) is 97.0 Å². The van der Waals surface area contributed by atoms with Crippen LogP contribution in [0.15, 0.2) is 388 Å². The third kappa shape index (κ3) is 12.2. The molecule has 0 spiro atoms. The molecule has 122 heavy (non-hydrogen) atoms. The molecule has 7 heterocycles. The van der Waals surface area contributed by atoms with E-state index in [1.165, 1.54) is 77.6 Å². The fourth-order valence-corrected chi connectivity index (χ4v) is 22.8. The van der Waals surface area contributed by atoms with Gasteiger partial charge in [0.15, 0.2) is 0 Å². The van der Waals surface area contributed by atoms with Gasteiger partial charge in [-0.1, -0.05) is 256 Å². The van der Waals surface area contributed by atoms with Gasteiger partial charge < -0.3 is 28.2 Å². The molecule has 0 atom stereocenters. The van der Waals surface area contributed by atoms with Gasteiger partial charge in [0.1, 0.15) is 0 Å². The van der Waals surface area contributed by atoms with Gasteiger partial charge in [-0.2, -0.15) is 0 Å². The van der Waals surface area contributed by atoms with E-state index >= 15 is 0 Å². The summed E-state index contributed by atoms with van der Waals surface area (Å²) in [6, 6.07) is 125. The maximum Gasteiger partial charge on any atom is 0.494 e. The fourth-order valence-electron chi connectivity index (χ4n) is 19.1. The quantitative estimate of drug-likeness (QED) is 0.139. The number of halogens is 1. The summed E-state index contributed by atoms with van der Waals surface area (Å²) in [5, 5.41) is 4.92. The zero-order valence-electron chi connectivity index (χ0n) is 68.7. The number of rotatable bonds is 8. The zero-order valence-corrected chi connectivity index (χ0v) is 71.9. The number of sulfone groups is 2. The van der Waals surface area contributed by atoms with E-state index in [9.17, 15) is 16.8 Å². The number of nitrogens with zero attached hydrogens (tertiary/aromatic N) is 4. The summed E-state index contributed by atoms with van der Waals surface area (Å²) in [4.78, 5) is 6.17. The molecule has 0 saturated carbocycles. The highest BCUT2D eigenvalue weighted by Crippen LogP contribution is 2.55. The van der Waals surface area contributed by atoms with E-state index in [1.807, 2.05) is 42.5 Å². The van der Waals surface area contributed by atoms with E-state index in [1.54, 1.807) is 30.3 Å². The van der Waals surface area contributed by atoms with Crippen molar-refractivity contribution in [3.05, 3.63) is 391 Å². The van der Waals surface area contributed by atoms with E-state index in [2.05, 4.69) is 381 Å². The lowest BCUT2D eigenvalue weighted by Crippen LogP contribution is -2.41. The van der Waals surface area contributed by atoms with Gasteiger partial charge in [0, 0.05) is 81.9 Å². The van der Waals surface area contributed by atoms with Crippen LogP contribution in [-0.4, -0.2) is 44.3 Å². The molecule has 18 aromatic rings. The van der Waals surface area contributed by atoms with Gasteiger partial charge in [-0.25, -0.2) is 16.8 Å². The van der Waals surface area contributed by atoms with E-state index in [0.29, 0.717) is 19.6 Å². The van der Waals surface area contributed by atoms with E-state index in [0.717, 1.165) is 99.4 Å². The van der Waals surface area contributed by atoms with Gasteiger partial charge in [0.25, 0.3) is 0 Å². The third-order valence-electron chi connectivity index (χ3n) is 26.1. The molecule has 594 valence electrons. The monoisotopic (exact) mass is 1690 g/mol. The van der Waals surface area contributed by atoms with Crippen molar-refractivity contribution in [1.82, 2.24) is 9.13 Å². The second-order valence-corrected chi connectivity index (χ2v) is 39.0. The molecular weight excluding hydrogens is 1600 g/mol. The van der Waals surface area contributed by atoms with Crippen LogP contribution >= 0.6 is 15.9 Å². The molecule has 0 N–H and O–H groups in total. The molecule has 1 saturated heterocycles. The van der Waals surface area contributed by atoms with Crippen LogP contribution in [0.5, 0.6) is 0 Å². The zero-order chi connectivity index (χ0) is 83.5. The highest BCUT2D eigenvalue weighted by molar-refractivity contribution is 9.10. The normalized spacial score (nSPS) is 15.8. The van der Waals surface area contributed by atoms with E-state index in [4.69, 9.17) is 9.31 Å². The smallest absolute Gasteiger partial charge is 0.399 e. The molecule has 14 heteroatoms. The first-order valence-corrected chi connectivity index (χ1v) is 45.1. The highest BCUT2D eigenvalue weighted by Gasteiger charge is 2.52. The van der Waals surface area contributed by atoms with Crippen LogP contribution < -0.4 is 15.3 Å². The highest BCUT2D eigenvalue weighted by atomic mass is 79.9. The number of hydrogen-bond donors (Lipinski definition) is 0. The Bertz CT molecular complexity index is 7360. The number of para-hydroxylation sites is 8. The largest absolute Gasteiger partial charge is 0.494 e. The van der Waals surface area contributed by atoms with Crippen LogP contribution in [0.4, 0.5) is 34.1 Å². The Labute approximate surface area is 720 Å². The number of hydrogen-bond acceptors (Lipinski definition) is 8. The van der Waals surface area contributed by atoms with Gasteiger partial charge in [-0.15, -0.1) is 0 Å². The summed E-state index contributed by atoms with van der Waals surface area (Å²) in [7, 11) is -7.47. The minimum Gasteiger partial charge on any atom is -0.399 e. The topological polar surface area (TPSA) is 103 Å². The lowest BCUT2D eigenvalue weighted by molar-refractivity contribution is 0.00578. The van der Waals surface area contributed by atoms with Gasteiger partial charge in [-0.05, 0) is 240 Å². The Morgan fingerprint density at radius 1 is 0.270 bits per heavy atom. The summed E-state index contributed by atoms with van der Waals surface area (Å²) in [5.74, 6) is 0. The Balaban J connectivity index is 0.000000120. The van der Waals surface area contributed by atoms with Crippen molar-refractivity contribution in [1.29, 1.82) is 0 Å². The van der Waals surface area contributed by atoms with Crippen LogP contribution in [0.1, 0.15) is 77.6 Å². The number of anilines is 6. The molecule has 5 aliphatic heterocycles. The predicted molar refractivity (Wildman–Crippen MR) is 503 cm³/mol. The van der Waals surface area contributed by atoms with Crippen molar-refractivity contribution in [2.75, 3.05) is 9.80 Å². The van der Waals surface area contributed by atoms with Crippen LogP contribution in [0.3, 0.4) is 0 Å². The first kappa shape index (κ1) is 76.5. The Kier molecular flexibility index (Phi) is 17.9. The minimum atomic E-state index is -3.64. The van der Waals surface area contributed by atoms with Crippen molar-refractivity contribution in [2.24, 2.45) is 0 Å². The number of fused-ring (bicyclic) bond motifs is 16. The van der Waals surface area contributed by atoms with Crippen LogP contribution in [0.25, 0.3) is 111 Å². The Morgan fingerprint density at radius 3 is 0.844 bits per heavy atom.